The molecular formula is C13H20BrN5O. The van der Waals surface area contributed by atoms with Crippen LogP contribution in [-0.2, 0) is 24.8 Å². The number of ether oxygens (including phenoxy) is 1. The largest absolute Gasteiger partial charge is 0.383 e. The number of nitrogens with two attached hydrogens (primary N) is 1. The summed E-state index contributed by atoms with van der Waals surface area (Å²) >= 11 is 3.53. The summed E-state index contributed by atoms with van der Waals surface area (Å²) in [5.74, 6) is 0. The monoisotopic (exact) mass is 341 g/mol. The van der Waals surface area contributed by atoms with E-state index in [4.69, 9.17) is 10.5 Å². The highest BCUT2D eigenvalue weighted by Gasteiger charge is 2.22. The van der Waals surface area contributed by atoms with E-state index in [0.29, 0.717) is 13.2 Å². The Balaban J connectivity index is 2.36. The number of methoxy groups -OCH3 is 1. The molecule has 1 atom stereocenters. The van der Waals surface area contributed by atoms with Gasteiger partial charge in [-0.3, -0.25) is 9.36 Å². The Bertz CT molecular complexity index is 577. The number of aryl methyl sites for hydroxylation is 2. The van der Waals surface area contributed by atoms with E-state index in [1.807, 2.05) is 17.9 Å². The van der Waals surface area contributed by atoms with Crippen molar-refractivity contribution in [3.63, 3.8) is 0 Å². The number of aromatic nitrogens is 4. The van der Waals surface area contributed by atoms with Crippen molar-refractivity contribution in [1.29, 1.82) is 0 Å². The van der Waals surface area contributed by atoms with Gasteiger partial charge in [0.05, 0.1) is 41.3 Å². The molecule has 0 aromatic carbocycles. The fourth-order valence-corrected chi connectivity index (χ4v) is 2.81. The zero-order valence-electron chi connectivity index (χ0n) is 12.0. The minimum Gasteiger partial charge on any atom is -0.383 e. The molecule has 110 valence electrons. The molecule has 2 rings (SSSR count). The van der Waals surface area contributed by atoms with Gasteiger partial charge in [-0.05, 0) is 22.4 Å². The highest BCUT2D eigenvalue weighted by molar-refractivity contribution is 9.10. The van der Waals surface area contributed by atoms with Gasteiger partial charge in [-0.2, -0.15) is 10.2 Å². The second-order valence-electron chi connectivity index (χ2n) is 4.63. The maximum absolute atomic E-state index is 6.44. The zero-order valence-corrected chi connectivity index (χ0v) is 13.6. The van der Waals surface area contributed by atoms with Crippen molar-refractivity contribution in [2.24, 2.45) is 12.8 Å². The molecule has 0 aliphatic rings. The van der Waals surface area contributed by atoms with Crippen LogP contribution < -0.4 is 5.73 Å². The van der Waals surface area contributed by atoms with Crippen LogP contribution in [-0.4, -0.2) is 33.3 Å². The predicted molar refractivity (Wildman–Crippen MR) is 80.4 cm³/mol. The first kappa shape index (κ1) is 15.2. The van der Waals surface area contributed by atoms with E-state index in [-0.39, 0.29) is 6.04 Å². The van der Waals surface area contributed by atoms with Gasteiger partial charge in [0.15, 0.2) is 0 Å². The molecule has 0 amide bonds. The number of hydrogen-bond donors (Lipinski definition) is 1. The molecule has 0 aliphatic heterocycles. The summed E-state index contributed by atoms with van der Waals surface area (Å²) in [5.41, 5.74) is 9.44. The summed E-state index contributed by atoms with van der Waals surface area (Å²) in [4.78, 5) is 0. The zero-order chi connectivity index (χ0) is 14.7. The van der Waals surface area contributed by atoms with Crippen LogP contribution in [0.1, 0.15) is 29.9 Å². The van der Waals surface area contributed by atoms with Gasteiger partial charge in [0.25, 0.3) is 0 Å². The highest BCUT2D eigenvalue weighted by atomic mass is 79.9. The molecule has 2 aromatic rings. The third-order valence-corrected chi connectivity index (χ3v) is 3.85. The van der Waals surface area contributed by atoms with Crippen LogP contribution in [0.4, 0.5) is 0 Å². The van der Waals surface area contributed by atoms with Crippen molar-refractivity contribution in [2.75, 3.05) is 13.7 Å². The molecule has 0 spiro atoms. The van der Waals surface area contributed by atoms with E-state index in [9.17, 15) is 0 Å². The van der Waals surface area contributed by atoms with Gasteiger partial charge in [-0.1, -0.05) is 6.92 Å². The third-order valence-electron chi connectivity index (χ3n) is 3.24. The van der Waals surface area contributed by atoms with E-state index >= 15 is 0 Å². The number of rotatable bonds is 6. The molecule has 2 aromatic heterocycles. The lowest BCUT2D eigenvalue weighted by Crippen LogP contribution is -2.20. The average molecular weight is 342 g/mol. The summed E-state index contributed by atoms with van der Waals surface area (Å²) in [6.07, 6.45) is 4.60. The van der Waals surface area contributed by atoms with Crippen molar-refractivity contribution in [2.45, 2.75) is 25.9 Å². The molecule has 0 bridgehead atoms. The van der Waals surface area contributed by atoms with Crippen LogP contribution in [0.25, 0.3) is 0 Å². The second kappa shape index (κ2) is 6.51. The first-order chi connectivity index (χ1) is 9.58. The van der Waals surface area contributed by atoms with E-state index in [1.54, 1.807) is 18.0 Å². The quantitative estimate of drug-likeness (QED) is 0.866. The summed E-state index contributed by atoms with van der Waals surface area (Å²) in [6, 6.07) is -0.257. The smallest absolute Gasteiger partial charge is 0.0768 e. The van der Waals surface area contributed by atoms with E-state index in [1.165, 1.54) is 0 Å². The molecule has 7 heteroatoms. The molecule has 0 radical (unpaired) electrons. The Morgan fingerprint density at radius 2 is 2.25 bits per heavy atom. The fourth-order valence-electron chi connectivity index (χ4n) is 2.27. The van der Waals surface area contributed by atoms with Crippen molar-refractivity contribution in [3.05, 3.63) is 33.8 Å². The first-order valence-corrected chi connectivity index (χ1v) is 7.35. The molecule has 2 N–H and O–H groups in total. The topological polar surface area (TPSA) is 70.9 Å². The third kappa shape index (κ3) is 2.94. The van der Waals surface area contributed by atoms with Crippen molar-refractivity contribution >= 4 is 15.9 Å². The Morgan fingerprint density at radius 1 is 1.50 bits per heavy atom. The molecule has 20 heavy (non-hydrogen) atoms. The van der Waals surface area contributed by atoms with E-state index in [0.717, 1.165) is 27.8 Å². The minimum atomic E-state index is -0.257. The SMILES string of the molecule is CCc1nn(C)cc1C(N)c1c(Br)cnn1CCOC. The first-order valence-electron chi connectivity index (χ1n) is 6.56. The van der Waals surface area contributed by atoms with Gasteiger partial charge >= 0.3 is 0 Å². The van der Waals surface area contributed by atoms with E-state index in [2.05, 4.69) is 33.1 Å². The summed E-state index contributed by atoms with van der Waals surface area (Å²) < 4.78 is 9.70. The number of halogens is 1. The molecule has 0 aliphatic carbocycles. The minimum absolute atomic E-state index is 0.257. The van der Waals surface area contributed by atoms with Gasteiger partial charge in [0.1, 0.15) is 0 Å². The van der Waals surface area contributed by atoms with Crippen LogP contribution in [0, 0.1) is 0 Å². The molecule has 2 heterocycles. The molecule has 6 nitrogen and oxygen atoms in total. The van der Waals surface area contributed by atoms with Crippen molar-refractivity contribution < 1.29 is 4.74 Å². The Morgan fingerprint density at radius 3 is 2.90 bits per heavy atom. The lowest BCUT2D eigenvalue weighted by Gasteiger charge is -2.15. The predicted octanol–water partition coefficient (Wildman–Crippen LogP) is 1.64. The van der Waals surface area contributed by atoms with Gasteiger partial charge in [-0.15, -0.1) is 0 Å². The molecule has 1 unspecified atom stereocenters. The summed E-state index contributed by atoms with van der Waals surface area (Å²) in [5, 5.41) is 8.79. The summed E-state index contributed by atoms with van der Waals surface area (Å²) in [7, 11) is 3.58. The number of hydrogen-bond acceptors (Lipinski definition) is 4. The summed E-state index contributed by atoms with van der Waals surface area (Å²) in [6.45, 7) is 3.35. The Kier molecular flexibility index (Phi) is 4.95. The normalized spacial score (nSPS) is 12.8. The highest BCUT2D eigenvalue weighted by Crippen LogP contribution is 2.28. The fraction of sp³-hybridized carbons (Fsp3) is 0.538. The maximum Gasteiger partial charge on any atom is 0.0768 e. The Labute approximate surface area is 127 Å². The Hall–Kier alpha value is -1.18. The van der Waals surface area contributed by atoms with Crippen LogP contribution in [0.3, 0.4) is 0 Å². The van der Waals surface area contributed by atoms with Gasteiger partial charge in [0, 0.05) is 25.9 Å². The standard InChI is InChI=1S/C13H20BrN5O/c1-4-11-9(8-18(2)17-11)12(15)13-10(14)7-16-19(13)5-6-20-3/h7-8,12H,4-6,15H2,1-3H3. The average Bonchev–Trinajstić information content (AvgIpc) is 2.98. The van der Waals surface area contributed by atoms with Gasteiger partial charge < -0.3 is 10.5 Å². The van der Waals surface area contributed by atoms with Crippen LogP contribution >= 0.6 is 15.9 Å². The van der Waals surface area contributed by atoms with Gasteiger partial charge in [-0.25, -0.2) is 0 Å². The lowest BCUT2D eigenvalue weighted by atomic mass is 10.0. The van der Waals surface area contributed by atoms with Crippen LogP contribution in [0.5, 0.6) is 0 Å². The maximum atomic E-state index is 6.44. The van der Waals surface area contributed by atoms with Crippen molar-refractivity contribution in [3.8, 4) is 0 Å². The number of nitrogens with zero attached hydrogens (tertiary/aromatic N) is 4. The second-order valence-corrected chi connectivity index (χ2v) is 5.48. The molecular weight excluding hydrogens is 322 g/mol. The molecule has 0 saturated heterocycles. The lowest BCUT2D eigenvalue weighted by molar-refractivity contribution is 0.182. The molecule has 0 fully saturated rings. The van der Waals surface area contributed by atoms with Crippen molar-refractivity contribution in [1.82, 2.24) is 19.6 Å². The van der Waals surface area contributed by atoms with E-state index < -0.39 is 0 Å². The van der Waals surface area contributed by atoms with Gasteiger partial charge in [0.2, 0.25) is 0 Å². The molecule has 0 saturated carbocycles. The van der Waals surface area contributed by atoms with Crippen LogP contribution in [0.15, 0.2) is 16.9 Å². The van der Waals surface area contributed by atoms with Crippen LogP contribution in [0.2, 0.25) is 0 Å².